The molecule has 16 heavy (non-hydrogen) atoms. The summed E-state index contributed by atoms with van der Waals surface area (Å²) < 4.78 is 0. The van der Waals surface area contributed by atoms with Crippen molar-refractivity contribution in [1.29, 1.82) is 0 Å². The Labute approximate surface area is 95.9 Å². The molecule has 0 saturated heterocycles. The summed E-state index contributed by atoms with van der Waals surface area (Å²) in [5, 5.41) is 39.1. The molecule has 2 saturated carbocycles. The van der Waals surface area contributed by atoms with Crippen molar-refractivity contribution >= 4 is 0 Å². The molecule has 0 radical (unpaired) electrons. The summed E-state index contributed by atoms with van der Waals surface area (Å²) in [5.74, 6) is 0.367. The third-order valence-electron chi connectivity index (χ3n) is 5.02. The average Bonchev–Trinajstić information content (AvgIpc) is 2.81. The van der Waals surface area contributed by atoms with Gasteiger partial charge in [-0.1, -0.05) is 0 Å². The van der Waals surface area contributed by atoms with Gasteiger partial charge in [-0.25, -0.2) is 0 Å². The second-order valence-corrected chi connectivity index (χ2v) is 5.44. The van der Waals surface area contributed by atoms with Gasteiger partial charge in [-0.2, -0.15) is 0 Å². The van der Waals surface area contributed by atoms with Crippen molar-refractivity contribution in [3.05, 3.63) is 0 Å². The van der Waals surface area contributed by atoms with Crippen molar-refractivity contribution in [1.82, 2.24) is 0 Å². The van der Waals surface area contributed by atoms with Gasteiger partial charge in [-0.05, 0) is 43.9 Å². The van der Waals surface area contributed by atoms with Gasteiger partial charge < -0.3 is 20.4 Å². The summed E-state index contributed by atoms with van der Waals surface area (Å²) in [6.07, 6.45) is 4.19. The quantitative estimate of drug-likeness (QED) is 0.531. The van der Waals surface area contributed by atoms with Crippen LogP contribution in [-0.4, -0.2) is 45.8 Å². The summed E-state index contributed by atoms with van der Waals surface area (Å²) in [7, 11) is 0. The molecule has 2 aliphatic rings. The van der Waals surface area contributed by atoms with Crippen molar-refractivity contribution in [2.45, 2.75) is 37.7 Å². The van der Waals surface area contributed by atoms with Crippen LogP contribution in [0.4, 0.5) is 0 Å². The van der Waals surface area contributed by atoms with Gasteiger partial charge in [0, 0.05) is 12.0 Å². The lowest BCUT2D eigenvalue weighted by atomic mass is 9.65. The van der Waals surface area contributed by atoms with E-state index in [4.69, 9.17) is 5.11 Å². The molecule has 2 rings (SSSR count). The van der Waals surface area contributed by atoms with E-state index >= 15 is 0 Å². The first-order valence-electron chi connectivity index (χ1n) is 6.19. The molecular weight excluding hydrogens is 208 g/mol. The van der Waals surface area contributed by atoms with Gasteiger partial charge in [0.1, 0.15) is 0 Å². The van der Waals surface area contributed by atoms with E-state index in [1.54, 1.807) is 0 Å². The minimum Gasteiger partial charge on any atom is -0.396 e. The van der Waals surface area contributed by atoms with Crippen LogP contribution in [0.15, 0.2) is 0 Å². The van der Waals surface area contributed by atoms with Crippen LogP contribution in [0, 0.1) is 17.3 Å². The predicted molar refractivity (Wildman–Crippen MR) is 58.7 cm³/mol. The van der Waals surface area contributed by atoms with Gasteiger partial charge in [0.25, 0.3) is 0 Å². The summed E-state index contributed by atoms with van der Waals surface area (Å²) in [6, 6.07) is 0. The van der Waals surface area contributed by atoms with Crippen LogP contribution in [0.3, 0.4) is 0 Å². The molecular formula is C12H22O4. The Balaban J connectivity index is 2.32. The van der Waals surface area contributed by atoms with Crippen molar-refractivity contribution in [2.24, 2.45) is 17.3 Å². The lowest BCUT2D eigenvalue weighted by Gasteiger charge is -2.46. The highest BCUT2D eigenvalue weighted by molar-refractivity contribution is 5.13. The van der Waals surface area contributed by atoms with E-state index in [0.29, 0.717) is 0 Å². The Morgan fingerprint density at radius 3 is 1.69 bits per heavy atom. The Morgan fingerprint density at radius 1 is 0.938 bits per heavy atom. The van der Waals surface area contributed by atoms with E-state index in [9.17, 15) is 15.3 Å². The molecule has 0 aliphatic heterocycles. The van der Waals surface area contributed by atoms with Crippen molar-refractivity contribution in [3.63, 3.8) is 0 Å². The molecule has 0 heterocycles. The van der Waals surface area contributed by atoms with E-state index in [0.717, 1.165) is 25.7 Å². The van der Waals surface area contributed by atoms with Crippen LogP contribution in [-0.2, 0) is 0 Å². The SMILES string of the molecule is OCCC(CO)(CO)C1(O)C2CCC1CC2. The lowest BCUT2D eigenvalue weighted by Crippen LogP contribution is -2.56. The fraction of sp³-hybridized carbons (Fsp3) is 1.00. The number of aliphatic hydroxyl groups excluding tert-OH is 3. The molecule has 0 aromatic heterocycles. The molecule has 2 bridgehead atoms. The maximum Gasteiger partial charge on any atom is 0.0804 e. The lowest BCUT2D eigenvalue weighted by molar-refractivity contribution is -0.167. The molecule has 0 aromatic rings. The number of rotatable bonds is 5. The normalized spacial score (nSPS) is 38.2. The van der Waals surface area contributed by atoms with E-state index < -0.39 is 11.0 Å². The molecule has 0 amide bonds. The van der Waals surface area contributed by atoms with E-state index in [1.807, 2.05) is 0 Å². The van der Waals surface area contributed by atoms with E-state index in [1.165, 1.54) is 0 Å². The molecule has 94 valence electrons. The Hall–Kier alpha value is -0.160. The first-order chi connectivity index (χ1) is 7.64. The van der Waals surface area contributed by atoms with Gasteiger partial charge in [0.05, 0.1) is 18.8 Å². The third kappa shape index (κ3) is 1.37. The molecule has 0 atom stereocenters. The monoisotopic (exact) mass is 230 g/mol. The van der Waals surface area contributed by atoms with Gasteiger partial charge in [0.15, 0.2) is 0 Å². The average molecular weight is 230 g/mol. The number of hydrogen-bond donors (Lipinski definition) is 4. The summed E-state index contributed by atoms with van der Waals surface area (Å²) in [5.41, 5.74) is -1.90. The van der Waals surface area contributed by atoms with Crippen LogP contribution in [0.5, 0.6) is 0 Å². The standard InChI is InChI=1S/C12H22O4/c13-6-5-11(7-14,8-15)12(16)9-1-2-10(12)4-3-9/h9-10,13-16H,1-8H2. The molecule has 0 spiro atoms. The molecule has 2 aliphatic carbocycles. The van der Waals surface area contributed by atoms with Crippen molar-refractivity contribution in [3.8, 4) is 0 Å². The van der Waals surface area contributed by atoms with Crippen LogP contribution in [0.25, 0.3) is 0 Å². The number of aliphatic hydroxyl groups is 4. The van der Waals surface area contributed by atoms with Gasteiger partial charge in [0.2, 0.25) is 0 Å². The van der Waals surface area contributed by atoms with Crippen LogP contribution in [0.2, 0.25) is 0 Å². The second-order valence-electron chi connectivity index (χ2n) is 5.44. The van der Waals surface area contributed by atoms with Crippen LogP contribution in [0.1, 0.15) is 32.1 Å². The maximum atomic E-state index is 10.9. The van der Waals surface area contributed by atoms with Crippen LogP contribution >= 0.6 is 0 Å². The number of hydrogen-bond acceptors (Lipinski definition) is 4. The minimum atomic E-state index is -0.973. The van der Waals surface area contributed by atoms with E-state index in [-0.39, 0.29) is 38.1 Å². The fourth-order valence-electron chi connectivity index (χ4n) is 4.05. The second kappa shape index (κ2) is 4.26. The maximum absolute atomic E-state index is 10.9. The van der Waals surface area contributed by atoms with Gasteiger partial charge in [-0.15, -0.1) is 0 Å². The summed E-state index contributed by atoms with van der Waals surface area (Å²) >= 11 is 0. The van der Waals surface area contributed by atoms with E-state index in [2.05, 4.69) is 0 Å². The molecule has 0 unspecified atom stereocenters. The predicted octanol–water partition coefficient (Wildman–Crippen LogP) is -0.109. The number of fused-ring (bicyclic) bond motifs is 2. The first kappa shape index (κ1) is 12.3. The molecule has 4 N–H and O–H groups in total. The molecule has 4 heteroatoms. The fourth-order valence-corrected chi connectivity index (χ4v) is 4.05. The Morgan fingerprint density at radius 2 is 1.38 bits per heavy atom. The minimum absolute atomic E-state index is 0.108. The highest BCUT2D eigenvalue weighted by Gasteiger charge is 2.63. The van der Waals surface area contributed by atoms with Crippen LogP contribution < -0.4 is 0 Å². The highest BCUT2D eigenvalue weighted by atomic mass is 16.3. The summed E-state index contributed by atoms with van der Waals surface area (Å²) in [4.78, 5) is 0. The van der Waals surface area contributed by atoms with Crippen molar-refractivity contribution in [2.75, 3.05) is 19.8 Å². The highest BCUT2D eigenvalue weighted by Crippen LogP contribution is 2.60. The zero-order chi connectivity index (χ0) is 11.8. The topological polar surface area (TPSA) is 80.9 Å². The zero-order valence-electron chi connectivity index (χ0n) is 9.60. The Kier molecular flexibility index (Phi) is 3.27. The van der Waals surface area contributed by atoms with Gasteiger partial charge >= 0.3 is 0 Å². The third-order valence-corrected chi connectivity index (χ3v) is 5.02. The molecule has 0 aromatic carbocycles. The molecule has 2 fully saturated rings. The summed E-state index contributed by atoms with van der Waals surface area (Å²) in [6.45, 7) is -0.621. The first-order valence-corrected chi connectivity index (χ1v) is 6.19. The zero-order valence-corrected chi connectivity index (χ0v) is 9.60. The Bertz CT molecular complexity index is 229. The largest absolute Gasteiger partial charge is 0.396 e. The van der Waals surface area contributed by atoms with Gasteiger partial charge in [-0.3, -0.25) is 0 Å². The van der Waals surface area contributed by atoms with Crippen molar-refractivity contribution < 1.29 is 20.4 Å². The smallest absolute Gasteiger partial charge is 0.0804 e. The molecule has 4 nitrogen and oxygen atoms in total.